The predicted molar refractivity (Wildman–Crippen MR) is 99.0 cm³/mol. The molecule has 0 aliphatic heterocycles. The number of alkyl halides is 3. The molecule has 9 nitrogen and oxygen atoms in total. The summed E-state index contributed by atoms with van der Waals surface area (Å²) >= 11 is 0.154. The fourth-order valence-electron chi connectivity index (χ4n) is 2.31. The van der Waals surface area contributed by atoms with E-state index in [1.807, 2.05) is 0 Å². The van der Waals surface area contributed by atoms with Crippen molar-refractivity contribution in [2.75, 3.05) is 5.75 Å². The number of pyridine rings is 1. The van der Waals surface area contributed by atoms with E-state index in [1.54, 1.807) is 0 Å². The molecule has 1 amide bonds. The Balaban J connectivity index is 2.14. The maximum atomic E-state index is 12.8. The minimum absolute atomic E-state index is 0.154. The molecule has 0 atom stereocenters. The lowest BCUT2D eigenvalue weighted by Crippen LogP contribution is -2.18. The Labute approximate surface area is 171 Å². The van der Waals surface area contributed by atoms with Gasteiger partial charge in [-0.05, 0) is 6.07 Å². The number of nitrogens with zero attached hydrogens (tertiary/aromatic N) is 6. The Hall–Kier alpha value is -3.00. The van der Waals surface area contributed by atoms with E-state index in [1.165, 1.54) is 45.0 Å². The first kappa shape index (κ1) is 21.7. The van der Waals surface area contributed by atoms with Crippen LogP contribution in [0.4, 0.5) is 13.2 Å². The summed E-state index contributed by atoms with van der Waals surface area (Å²) in [6.07, 6.45) is 0.710. The standard InChI is InChI=1S/C16H13F3N6O3S2/c1-3-30(27,28)11-4-9(10-5-20-8-21-6-10)7-22-12(11)13(26)23-15-25(2)24-14(29-15)16(17,18)19/h4-8H,3H2,1-2H3. The monoisotopic (exact) mass is 458 g/mol. The van der Waals surface area contributed by atoms with Gasteiger partial charge in [-0.15, -0.1) is 0 Å². The lowest BCUT2D eigenvalue weighted by atomic mass is 10.1. The van der Waals surface area contributed by atoms with Gasteiger partial charge in [0.25, 0.3) is 5.91 Å². The fourth-order valence-corrected chi connectivity index (χ4v) is 4.11. The summed E-state index contributed by atoms with van der Waals surface area (Å²) < 4.78 is 64.3. The molecule has 3 aromatic heterocycles. The molecule has 0 aromatic carbocycles. The van der Waals surface area contributed by atoms with Gasteiger partial charge in [0.15, 0.2) is 9.84 Å². The largest absolute Gasteiger partial charge is 0.445 e. The molecule has 3 heterocycles. The highest BCUT2D eigenvalue weighted by molar-refractivity contribution is 7.91. The summed E-state index contributed by atoms with van der Waals surface area (Å²) in [7, 11) is -2.72. The van der Waals surface area contributed by atoms with Crippen molar-refractivity contribution >= 4 is 27.1 Å². The summed E-state index contributed by atoms with van der Waals surface area (Å²) in [5.74, 6) is -1.43. The molecule has 158 valence electrons. The molecule has 0 aliphatic rings. The zero-order valence-electron chi connectivity index (χ0n) is 15.5. The average molecular weight is 458 g/mol. The first-order chi connectivity index (χ1) is 14.0. The molecule has 3 aromatic rings. The average Bonchev–Trinajstić information content (AvgIpc) is 3.09. The number of hydrogen-bond acceptors (Lipinski definition) is 8. The Morgan fingerprint density at radius 3 is 2.43 bits per heavy atom. The summed E-state index contributed by atoms with van der Waals surface area (Å²) in [5.41, 5.74) is 0.318. The second-order valence-corrected chi connectivity index (χ2v) is 9.03. The predicted octanol–water partition coefficient (Wildman–Crippen LogP) is 1.89. The van der Waals surface area contributed by atoms with E-state index in [-0.39, 0.29) is 26.8 Å². The molecule has 0 bridgehead atoms. The van der Waals surface area contributed by atoms with Crippen LogP contribution in [0, 0.1) is 0 Å². The summed E-state index contributed by atoms with van der Waals surface area (Å²) in [6.45, 7) is 1.39. The van der Waals surface area contributed by atoms with Crippen LogP contribution in [0.5, 0.6) is 0 Å². The van der Waals surface area contributed by atoms with E-state index < -0.39 is 32.6 Å². The Kier molecular flexibility index (Phi) is 5.81. The van der Waals surface area contributed by atoms with Gasteiger partial charge < -0.3 is 0 Å². The van der Waals surface area contributed by atoms with Gasteiger partial charge in [-0.25, -0.2) is 28.1 Å². The van der Waals surface area contributed by atoms with Crippen molar-refractivity contribution in [2.45, 2.75) is 18.0 Å². The number of hydrogen-bond donors (Lipinski definition) is 0. The van der Waals surface area contributed by atoms with Crippen LogP contribution in [0.15, 0.2) is 40.9 Å². The van der Waals surface area contributed by atoms with Crippen molar-refractivity contribution in [3.05, 3.63) is 46.5 Å². The van der Waals surface area contributed by atoms with Crippen molar-refractivity contribution in [3.8, 4) is 11.1 Å². The summed E-state index contributed by atoms with van der Waals surface area (Å²) in [5, 5.41) is 2.09. The summed E-state index contributed by atoms with van der Waals surface area (Å²) in [4.78, 5) is 27.1. The van der Waals surface area contributed by atoms with Gasteiger partial charge in [0, 0.05) is 36.8 Å². The third-order valence-electron chi connectivity index (χ3n) is 3.81. The van der Waals surface area contributed by atoms with Crippen LogP contribution in [-0.2, 0) is 23.1 Å². The molecule has 3 rings (SSSR count). The van der Waals surface area contributed by atoms with Gasteiger partial charge >= 0.3 is 6.18 Å². The highest BCUT2D eigenvalue weighted by Crippen LogP contribution is 2.29. The third-order valence-corrected chi connectivity index (χ3v) is 6.60. The topological polar surface area (TPSA) is 120 Å². The van der Waals surface area contributed by atoms with Crippen molar-refractivity contribution in [2.24, 2.45) is 12.0 Å². The number of aromatic nitrogens is 5. The lowest BCUT2D eigenvalue weighted by Gasteiger charge is -2.08. The van der Waals surface area contributed by atoms with Crippen LogP contribution >= 0.6 is 11.3 Å². The number of aryl methyl sites for hydroxylation is 1. The van der Waals surface area contributed by atoms with Crippen LogP contribution in [0.3, 0.4) is 0 Å². The SMILES string of the molecule is CCS(=O)(=O)c1cc(-c2cncnc2)cnc1C(=O)N=c1sc(C(F)(F)F)nn1C. The molecule has 0 N–H and O–H groups in total. The van der Waals surface area contributed by atoms with Gasteiger partial charge in [-0.3, -0.25) is 4.79 Å². The van der Waals surface area contributed by atoms with Crippen molar-refractivity contribution in [1.82, 2.24) is 24.7 Å². The highest BCUT2D eigenvalue weighted by Gasteiger charge is 2.35. The molecule has 30 heavy (non-hydrogen) atoms. The number of rotatable bonds is 4. The lowest BCUT2D eigenvalue weighted by molar-refractivity contribution is -0.138. The summed E-state index contributed by atoms with van der Waals surface area (Å²) in [6, 6.07) is 1.24. The van der Waals surface area contributed by atoms with E-state index >= 15 is 0 Å². The highest BCUT2D eigenvalue weighted by atomic mass is 32.2. The molecule has 0 aliphatic carbocycles. The van der Waals surface area contributed by atoms with Crippen LogP contribution in [-0.4, -0.2) is 44.8 Å². The number of amides is 1. The molecular formula is C16H13F3N6O3S2. The van der Waals surface area contributed by atoms with Crippen LogP contribution < -0.4 is 4.80 Å². The van der Waals surface area contributed by atoms with E-state index in [2.05, 4.69) is 25.0 Å². The van der Waals surface area contributed by atoms with Crippen molar-refractivity contribution in [3.63, 3.8) is 0 Å². The van der Waals surface area contributed by atoms with Crippen LogP contribution in [0.25, 0.3) is 11.1 Å². The quantitative estimate of drug-likeness (QED) is 0.585. The number of carbonyl (C=O) groups excluding carboxylic acids is 1. The van der Waals surface area contributed by atoms with E-state index in [0.717, 1.165) is 4.68 Å². The molecule has 14 heteroatoms. The fraction of sp³-hybridized carbons (Fsp3) is 0.250. The zero-order valence-corrected chi connectivity index (χ0v) is 17.1. The number of sulfone groups is 1. The minimum atomic E-state index is -4.70. The molecule has 0 saturated carbocycles. The second kappa shape index (κ2) is 8.02. The van der Waals surface area contributed by atoms with Gasteiger partial charge in [0.1, 0.15) is 12.0 Å². The molecular weight excluding hydrogens is 445 g/mol. The van der Waals surface area contributed by atoms with Crippen molar-refractivity contribution < 1.29 is 26.4 Å². The van der Waals surface area contributed by atoms with Gasteiger partial charge in [-0.2, -0.15) is 23.3 Å². The van der Waals surface area contributed by atoms with E-state index in [0.29, 0.717) is 11.1 Å². The first-order valence-corrected chi connectivity index (χ1v) is 10.7. The van der Waals surface area contributed by atoms with Crippen molar-refractivity contribution in [1.29, 1.82) is 0 Å². The van der Waals surface area contributed by atoms with Crippen LogP contribution in [0.1, 0.15) is 22.4 Å². The Morgan fingerprint density at radius 1 is 1.20 bits per heavy atom. The zero-order chi connectivity index (χ0) is 22.1. The maximum absolute atomic E-state index is 12.8. The molecule has 0 spiro atoms. The van der Waals surface area contributed by atoms with Gasteiger partial charge in [0.2, 0.25) is 9.81 Å². The molecule has 0 radical (unpaired) electrons. The van der Waals surface area contributed by atoms with E-state index in [4.69, 9.17) is 0 Å². The number of carbonyl (C=O) groups is 1. The van der Waals surface area contributed by atoms with Crippen LogP contribution in [0.2, 0.25) is 0 Å². The van der Waals surface area contributed by atoms with Gasteiger partial charge in [0.05, 0.1) is 10.6 Å². The molecule has 0 unspecified atom stereocenters. The second-order valence-electron chi connectivity index (χ2n) is 5.83. The Morgan fingerprint density at radius 2 is 1.87 bits per heavy atom. The normalized spacial score (nSPS) is 12.9. The maximum Gasteiger partial charge on any atom is 0.445 e. The third kappa shape index (κ3) is 4.43. The molecule has 0 fully saturated rings. The Bertz CT molecular complexity index is 1270. The first-order valence-electron chi connectivity index (χ1n) is 8.21. The smallest absolute Gasteiger partial charge is 0.265 e. The number of halogens is 3. The van der Waals surface area contributed by atoms with Gasteiger partial charge in [-0.1, -0.05) is 18.3 Å². The molecule has 0 saturated heterocycles. The van der Waals surface area contributed by atoms with E-state index in [9.17, 15) is 26.4 Å². The minimum Gasteiger partial charge on any atom is -0.265 e.